The Kier molecular flexibility index (Phi) is 3.56. The monoisotopic (exact) mass is 200 g/mol. The van der Waals surface area contributed by atoms with Gasteiger partial charge in [0, 0.05) is 0 Å². The van der Waals surface area contributed by atoms with Gasteiger partial charge in [0.1, 0.15) is 5.82 Å². The molecule has 0 saturated heterocycles. The van der Waals surface area contributed by atoms with Crippen molar-refractivity contribution in [1.29, 1.82) is 0 Å². The van der Waals surface area contributed by atoms with Crippen LogP contribution < -0.4 is 0 Å². The summed E-state index contributed by atoms with van der Waals surface area (Å²) >= 11 is 0. The molecule has 1 N–H and O–H groups in total. The van der Waals surface area contributed by atoms with Gasteiger partial charge in [-0.3, -0.25) is 0 Å². The van der Waals surface area contributed by atoms with Gasteiger partial charge in [-0.05, 0) is 30.5 Å². The third-order valence-electron chi connectivity index (χ3n) is 1.84. The van der Waals surface area contributed by atoms with E-state index < -0.39 is 18.0 Å². The number of benzene rings is 1. The number of carboxylic acids is 1. The molecule has 14 heavy (non-hydrogen) atoms. The Hall–Kier alpha value is -1.45. The molecular formula is C10H10F2O2. The Morgan fingerprint density at radius 3 is 2.79 bits per heavy atom. The maximum atomic E-state index is 12.6. The van der Waals surface area contributed by atoms with E-state index in [9.17, 15) is 13.6 Å². The third-order valence-corrected chi connectivity index (χ3v) is 1.84. The Bertz CT molecular complexity index is 326. The molecule has 1 aromatic carbocycles. The van der Waals surface area contributed by atoms with E-state index in [0.29, 0.717) is 5.56 Å². The van der Waals surface area contributed by atoms with Crippen LogP contribution >= 0.6 is 0 Å². The lowest BCUT2D eigenvalue weighted by atomic mass is 10.1. The van der Waals surface area contributed by atoms with Gasteiger partial charge >= 0.3 is 5.97 Å². The minimum Gasteiger partial charge on any atom is -0.479 e. The molecule has 0 saturated carbocycles. The van der Waals surface area contributed by atoms with Crippen molar-refractivity contribution in [2.24, 2.45) is 0 Å². The second kappa shape index (κ2) is 4.69. The van der Waals surface area contributed by atoms with Crippen LogP contribution in [0.2, 0.25) is 0 Å². The van der Waals surface area contributed by atoms with Crippen LogP contribution in [0.15, 0.2) is 24.3 Å². The second-order valence-corrected chi connectivity index (χ2v) is 2.97. The van der Waals surface area contributed by atoms with Gasteiger partial charge in [0.15, 0.2) is 6.17 Å². The summed E-state index contributed by atoms with van der Waals surface area (Å²) in [4.78, 5) is 10.1. The fourth-order valence-corrected chi connectivity index (χ4v) is 1.11. The van der Waals surface area contributed by atoms with E-state index in [4.69, 9.17) is 5.11 Å². The molecule has 2 nitrogen and oxygen atoms in total. The lowest BCUT2D eigenvalue weighted by molar-refractivity contribution is -0.142. The molecule has 0 spiro atoms. The summed E-state index contributed by atoms with van der Waals surface area (Å²) in [6, 6.07) is 5.71. The molecule has 0 aliphatic carbocycles. The van der Waals surface area contributed by atoms with Crippen LogP contribution in [0.3, 0.4) is 0 Å². The molecule has 0 heterocycles. The highest BCUT2D eigenvalue weighted by molar-refractivity contribution is 5.72. The van der Waals surface area contributed by atoms with Crippen LogP contribution in [0.25, 0.3) is 0 Å². The van der Waals surface area contributed by atoms with Crippen molar-refractivity contribution in [3.63, 3.8) is 0 Å². The van der Waals surface area contributed by atoms with E-state index in [2.05, 4.69) is 0 Å². The van der Waals surface area contributed by atoms with Gasteiger partial charge < -0.3 is 5.11 Å². The molecule has 0 aliphatic rings. The number of carbonyl (C=O) groups is 1. The van der Waals surface area contributed by atoms with Crippen molar-refractivity contribution in [3.05, 3.63) is 35.6 Å². The molecule has 0 bridgehead atoms. The molecule has 76 valence electrons. The molecule has 0 aliphatic heterocycles. The van der Waals surface area contributed by atoms with Crippen molar-refractivity contribution in [2.75, 3.05) is 0 Å². The Balaban J connectivity index is 2.49. The van der Waals surface area contributed by atoms with Crippen molar-refractivity contribution in [2.45, 2.75) is 19.0 Å². The molecule has 0 radical (unpaired) electrons. The predicted molar refractivity (Wildman–Crippen MR) is 47.3 cm³/mol. The Labute approximate surface area is 80.2 Å². The van der Waals surface area contributed by atoms with Gasteiger partial charge in [0.2, 0.25) is 0 Å². The van der Waals surface area contributed by atoms with Crippen molar-refractivity contribution in [3.8, 4) is 0 Å². The fourth-order valence-electron chi connectivity index (χ4n) is 1.11. The quantitative estimate of drug-likeness (QED) is 0.808. The fraction of sp³-hybridized carbons (Fsp3) is 0.300. The Morgan fingerprint density at radius 2 is 2.21 bits per heavy atom. The average molecular weight is 200 g/mol. The summed E-state index contributed by atoms with van der Waals surface area (Å²) < 4.78 is 25.3. The molecule has 0 aromatic heterocycles. The normalized spacial score (nSPS) is 12.4. The zero-order valence-electron chi connectivity index (χ0n) is 7.41. The maximum Gasteiger partial charge on any atom is 0.338 e. The van der Waals surface area contributed by atoms with E-state index >= 15 is 0 Å². The molecule has 0 fully saturated rings. The highest BCUT2D eigenvalue weighted by Gasteiger charge is 2.14. The van der Waals surface area contributed by atoms with Crippen LogP contribution in [0, 0.1) is 5.82 Å². The SMILES string of the molecule is O=C(O)C(F)CCc1cccc(F)c1. The summed E-state index contributed by atoms with van der Waals surface area (Å²) in [5.41, 5.74) is 0.605. The number of hydrogen-bond acceptors (Lipinski definition) is 1. The van der Waals surface area contributed by atoms with Crippen molar-refractivity contribution < 1.29 is 18.7 Å². The summed E-state index contributed by atoms with van der Waals surface area (Å²) in [5.74, 6) is -1.87. The zero-order chi connectivity index (χ0) is 10.6. The first-order valence-corrected chi connectivity index (χ1v) is 4.21. The minimum atomic E-state index is -1.88. The van der Waals surface area contributed by atoms with E-state index in [-0.39, 0.29) is 12.8 Å². The first-order valence-electron chi connectivity index (χ1n) is 4.21. The Morgan fingerprint density at radius 1 is 1.50 bits per heavy atom. The predicted octanol–water partition coefficient (Wildman–Crippen LogP) is 2.18. The summed E-state index contributed by atoms with van der Waals surface area (Å²) in [7, 11) is 0. The topological polar surface area (TPSA) is 37.3 Å². The lowest BCUT2D eigenvalue weighted by Crippen LogP contribution is -2.15. The van der Waals surface area contributed by atoms with Gasteiger partial charge in [-0.25, -0.2) is 13.6 Å². The number of halogens is 2. The number of aryl methyl sites for hydroxylation is 1. The van der Waals surface area contributed by atoms with Crippen molar-refractivity contribution >= 4 is 5.97 Å². The maximum absolute atomic E-state index is 12.6. The average Bonchev–Trinajstić information content (AvgIpc) is 2.14. The summed E-state index contributed by atoms with van der Waals surface area (Å²) in [6.07, 6.45) is -1.78. The number of rotatable bonds is 4. The van der Waals surface area contributed by atoms with Gasteiger partial charge in [-0.1, -0.05) is 12.1 Å². The van der Waals surface area contributed by atoms with Crippen LogP contribution in [-0.4, -0.2) is 17.2 Å². The first-order chi connectivity index (χ1) is 6.59. The van der Waals surface area contributed by atoms with Crippen LogP contribution in [0.1, 0.15) is 12.0 Å². The molecule has 1 unspecified atom stereocenters. The van der Waals surface area contributed by atoms with Gasteiger partial charge in [0.05, 0.1) is 0 Å². The lowest BCUT2D eigenvalue weighted by Gasteiger charge is -2.02. The van der Waals surface area contributed by atoms with Crippen molar-refractivity contribution in [1.82, 2.24) is 0 Å². The molecule has 0 amide bonds. The summed E-state index contributed by atoms with van der Waals surface area (Å²) in [6.45, 7) is 0. The third kappa shape index (κ3) is 3.12. The van der Waals surface area contributed by atoms with Gasteiger partial charge in [-0.2, -0.15) is 0 Å². The molecule has 1 aromatic rings. The molecular weight excluding hydrogens is 190 g/mol. The number of hydrogen-bond donors (Lipinski definition) is 1. The number of alkyl halides is 1. The van der Waals surface area contributed by atoms with E-state index in [1.54, 1.807) is 6.07 Å². The minimum absolute atomic E-state index is 0.126. The van der Waals surface area contributed by atoms with Crippen LogP contribution in [-0.2, 0) is 11.2 Å². The smallest absolute Gasteiger partial charge is 0.338 e. The standard InChI is InChI=1S/C10H10F2O2/c11-8-3-1-2-7(6-8)4-5-9(12)10(13)14/h1-3,6,9H,4-5H2,(H,13,14). The van der Waals surface area contributed by atoms with Gasteiger partial charge in [-0.15, -0.1) is 0 Å². The first kappa shape index (κ1) is 10.6. The second-order valence-electron chi connectivity index (χ2n) is 2.97. The molecule has 4 heteroatoms. The highest BCUT2D eigenvalue weighted by Crippen LogP contribution is 2.09. The van der Waals surface area contributed by atoms with Crippen LogP contribution in [0.5, 0.6) is 0 Å². The molecule has 1 rings (SSSR count). The van der Waals surface area contributed by atoms with E-state index in [1.807, 2.05) is 0 Å². The largest absolute Gasteiger partial charge is 0.479 e. The summed E-state index contributed by atoms with van der Waals surface area (Å²) in [5, 5.41) is 8.27. The van der Waals surface area contributed by atoms with E-state index in [0.717, 1.165) is 0 Å². The van der Waals surface area contributed by atoms with Crippen LogP contribution in [0.4, 0.5) is 8.78 Å². The highest BCUT2D eigenvalue weighted by atomic mass is 19.1. The number of aliphatic carboxylic acids is 1. The number of carboxylic acid groups (broad SMARTS) is 1. The van der Waals surface area contributed by atoms with Gasteiger partial charge in [0.25, 0.3) is 0 Å². The van der Waals surface area contributed by atoms with E-state index in [1.165, 1.54) is 18.2 Å². The molecule has 1 atom stereocenters. The zero-order valence-corrected chi connectivity index (χ0v) is 7.41.